The molecule has 0 amide bonds. The fourth-order valence-electron chi connectivity index (χ4n) is 7.26. The second-order valence-corrected chi connectivity index (χ2v) is 17.5. The van der Waals surface area contributed by atoms with Crippen LogP contribution in [0.3, 0.4) is 0 Å². The van der Waals surface area contributed by atoms with Crippen molar-refractivity contribution in [1.29, 1.82) is 0 Å². The van der Waals surface area contributed by atoms with E-state index in [0.717, 1.165) is 109 Å². The van der Waals surface area contributed by atoms with Crippen molar-refractivity contribution >= 4 is 11.9 Å². The van der Waals surface area contributed by atoms with Crippen molar-refractivity contribution in [2.24, 2.45) is 0 Å². The van der Waals surface area contributed by atoms with Crippen LogP contribution in [0.4, 0.5) is 0 Å². The molecule has 0 bridgehead atoms. The summed E-state index contributed by atoms with van der Waals surface area (Å²) in [7, 11) is 0. The van der Waals surface area contributed by atoms with Crippen LogP contribution >= 0.6 is 0 Å². The van der Waals surface area contributed by atoms with Gasteiger partial charge in [0, 0.05) is 12.8 Å². The molecule has 0 aromatic carbocycles. The molecule has 5 nitrogen and oxygen atoms in total. The minimum absolute atomic E-state index is 0.0786. The van der Waals surface area contributed by atoms with Crippen molar-refractivity contribution in [3.8, 4) is 0 Å². The van der Waals surface area contributed by atoms with E-state index < -0.39 is 6.10 Å². The third kappa shape index (κ3) is 52.9. The van der Waals surface area contributed by atoms with E-state index in [0.29, 0.717) is 12.8 Å². The molecular weight excluding hydrogens is 813 g/mol. The van der Waals surface area contributed by atoms with Crippen LogP contribution in [0.15, 0.2) is 122 Å². The van der Waals surface area contributed by atoms with Crippen LogP contribution < -0.4 is 0 Å². The Hall–Kier alpha value is -3.70. The summed E-state index contributed by atoms with van der Waals surface area (Å²) < 4.78 is 10.7. The Morgan fingerprint density at radius 3 is 0.909 bits per heavy atom. The average Bonchev–Trinajstić information content (AvgIpc) is 3.32. The third-order valence-corrected chi connectivity index (χ3v) is 11.3. The lowest BCUT2D eigenvalue weighted by Crippen LogP contribution is -2.28. The maximum absolute atomic E-state index is 12.3. The highest BCUT2D eigenvalue weighted by molar-refractivity contribution is 5.70. The maximum Gasteiger partial charge on any atom is 0.306 e. The number of hydrogen-bond acceptors (Lipinski definition) is 5. The summed E-state index contributed by atoms with van der Waals surface area (Å²) in [5.74, 6) is -0.609. The van der Waals surface area contributed by atoms with Crippen molar-refractivity contribution in [1.82, 2.24) is 0 Å². The van der Waals surface area contributed by atoms with E-state index in [2.05, 4.69) is 135 Å². The number of carbonyl (C=O) groups excluding carboxylic acids is 2. The zero-order chi connectivity index (χ0) is 47.7. The number of hydrogen-bond donors (Lipinski definition) is 1. The first-order valence-electron chi connectivity index (χ1n) is 27.1. The monoisotopic (exact) mass is 913 g/mol. The van der Waals surface area contributed by atoms with Gasteiger partial charge in [0.15, 0.2) is 6.10 Å². The van der Waals surface area contributed by atoms with E-state index in [1.165, 1.54) is 96.3 Å². The summed E-state index contributed by atoms with van der Waals surface area (Å²) in [5, 5.41) is 9.65. The van der Waals surface area contributed by atoms with E-state index >= 15 is 0 Å². The van der Waals surface area contributed by atoms with Crippen molar-refractivity contribution in [2.75, 3.05) is 13.2 Å². The van der Waals surface area contributed by atoms with Gasteiger partial charge in [-0.3, -0.25) is 9.59 Å². The Bertz CT molecular complexity index is 1350. The highest BCUT2D eigenvalue weighted by Gasteiger charge is 2.16. The Labute approximate surface area is 407 Å². The topological polar surface area (TPSA) is 72.8 Å². The number of aliphatic hydroxyl groups is 1. The Morgan fingerprint density at radius 2 is 0.606 bits per heavy atom. The lowest BCUT2D eigenvalue weighted by molar-refractivity contribution is -0.161. The second kappa shape index (κ2) is 55.6. The second-order valence-electron chi connectivity index (χ2n) is 17.5. The van der Waals surface area contributed by atoms with Gasteiger partial charge in [-0.05, 0) is 103 Å². The lowest BCUT2D eigenvalue weighted by Gasteiger charge is -2.15. The predicted octanol–water partition coefficient (Wildman–Crippen LogP) is 18.3. The minimum Gasteiger partial charge on any atom is -0.462 e. The van der Waals surface area contributed by atoms with Gasteiger partial charge in [0.1, 0.15) is 6.61 Å². The quantitative estimate of drug-likeness (QED) is 0.0374. The fraction of sp³-hybridized carbons (Fsp3) is 0.639. The molecule has 0 aliphatic rings. The number of rotatable bonds is 48. The highest BCUT2D eigenvalue weighted by atomic mass is 16.6. The largest absolute Gasteiger partial charge is 0.462 e. The van der Waals surface area contributed by atoms with Crippen LogP contribution in [-0.4, -0.2) is 36.4 Å². The van der Waals surface area contributed by atoms with Crippen molar-refractivity contribution < 1.29 is 24.2 Å². The maximum atomic E-state index is 12.3. The van der Waals surface area contributed by atoms with Crippen LogP contribution in [0, 0.1) is 0 Å². The molecule has 0 aromatic rings. The first kappa shape index (κ1) is 62.3. The average molecular weight is 913 g/mol. The summed E-state index contributed by atoms with van der Waals surface area (Å²) >= 11 is 0. The summed E-state index contributed by atoms with van der Waals surface area (Å²) in [5.41, 5.74) is 0. The lowest BCUT2D eigenvalue weighted by atomic mass is 10.0. The van der Waals surface area contributed by atoms with Crippen LogP contribution in [0.2, 0.25) is 0 Å². The summed E-state index contributed by atoms with van der Waals surface area (Å²) in [4.78, 5) is 24.5. The first-order chi connectivity index (χ1) is 32.6. The van der Waals surface area contributed by atoms with Crippen LogP contribution in [0.1, 0.15) is 232 Å². The standard InChI is InChI=1S/C61H100O5/c1-3-5-7-9-11-13-15-17-19-21-23-25-27-28-29-30-31-32-34-36-38-40-42-44-46-48-50-52-54-56-61(64)66-59(57-62)58-65-60(63)55-53-51-49-47-45-43-41-39-37-35-33-26-24-22-20-18-16-14-12-10-8-6-4-2/h5-8,11-14,17-20,23-26,28-29,35,37,59,62H,3-4,9-10,15-16,21-22,27,30-34,36,38-58H2,1-2H3/b7-5-,8-6-,13-11-,14-12-,19-17-,20-18-,25-23-,26-24-,29-28-,37-35-. The fourth-order valence-corrected chi connectivity index (χ4v) is 7.26. The van der Waals surface area contributed by atoms with Crippen molar-refractivity contribution in [2.45, 2.75) is 238 Å². The number of allylic oxidation sites excluding steroid dienone is 20. The number of carbonyl (C=O) groups is 2. The molecule has 1 unspecified atom stereocenters. The Balaban J connectivity index is 3.55. The molecule has 0 saturated heterocycles. The number of ether oxygens (including phenoxy) is 2. The molecule has 5 heteroatoms. The zero-order valence-electron chi connectivity index (χ0n) is 42.7. The van der Waals surface area contributed by atoms with Gasteiger partial charge in [0.2, 0.25) is 0 Å². The smallest absolute Gasteiger partial charge is 0.306 e. The third-order valence-electron chi connectivity index (χ3n) is 11.3. The number of aliphatic hydroxyl groups excluding tert-OH is 1. The van der Waals surface area contributed by atoms with Gasteiger partial charge < -0.3 is 14.6 Å². The minimum atomic E-state index is -0.786. The van der Waals surface area contributed by atoms with Gasteiger partial charge in [-0.25, -0.2) is 0 Å². The highest BCUT2D eigenvalue weighted by Crippen LogP contribution is 2.15. The molecule has 0 rings (SSSR count). The molecule has 0 fully saturated rings. The normalized spacial score (nSPS) is 13.2. The van der Waals surface area contributed by atoms with E-state index in [-0.39, 0.29) is 25.2 Å². The molecular formula is C61H100O5. The van der Waals surface area contributed by atoms with Crippen LogP contribution in [0.25, 0.3) is 0 Å². The molecule has 0 radical (unpaired) electrons. The first-order valence-corrected chi connectivity index (χ1v) is 27.1. The molecule has 0 spiro atoms. The SMILES string of the molecule is CC/C=C\C/C=C\C/C=C\C/C=C\C/C=C\CCCCCCCCCCCCCCCC(=O)OC(CO)COC(=O)CCCCCCCCC/C=C\C/C=C\C/C=C\C/C=C\C/C=C\CC. The van der Waals surface area contributed by atoms with Gasteiger partial charge in [-0.2, -0.15) is 0 Å². The molecule has 0 aromatic heterocycles. The van der Waals surface area contributed by atoms with E-state index in [1.807, 2.05) is 0 Å². The summed E-state index contributed by atoms with van der Waals surface area (Å²) in [6, 6.07) is 0. The van der Waals surface area contributed by atoms with E-state index in [9.17, 15) is 14.7 Å². The molecule has 1 N–H and O–H groups in total. The molecule has 0 aliphatic heterocycles. The van der Waals surface area contributed by atoms with Gasteiger partial charge in [-0.15, -0.1) is 0 Å². The predicted molar refractivity (Wildman–Crippen MR) is 288 cm³/mol. The van der Waals surface area contributed by atoms with Gasteiger partial charge >= 0.3 is 11.9 Å². The van der Waals surface area contributed by atoms with Gasteiger partial charge in [0.25, 0.3) is 0 Å². The van der Waals surface area contributed by atoms with Crippen LogP contribution in [-0.2, 0) is 19.1 Å². The zero-order valence-corrected chi connectivity index (χ0v) is 42.7. The molecule has 0 saturated carbocycles. The molecule has 0 heterocycles. The van der Waals surface area contributed by atoms with E-state index in [1.54, 1.807) is 0 Å². The summed E-state index contributed by atoms with van der Waals surface area (Å²) in [6.07, 6.45) is 81.5. The number of esters is 2. The van der Waals surface area contributed by atoms with Gasteiger partial charge in [0.05, 0.1) is 6.61 Å². The molecule has 0 aliphatic carbocycles. The molecule has 66 heavy (non-hydrogen) atoms. The molecule has 1 atom stereocenters. The number of unbranched alkanes of at least 4 members (excludes halogenated alkanes) is 20. The molecule has 374 valence electrons. The Morgan fingerprint density at radius 1 is 0.348 bits per heavy atom. The van der Waals surface area contributed by atoms with E-state index in [4.69, 9.17) is 9.47 Å². The van der Waals surface area contributed by atoms with Crippen molar-refractivity contribution in [3.05, 3.63) is 122 Å². The summed E-state index contributed by atoms with van der Waals surface area (Å²) in [6.45, 7) is 3.91. The Kier molecular flexibility index (Phi) is 52.5. The van der Waals surface area contributed by atoms with Gasteiger partial charge in [-0.1, -0.05) is 238 Å². The van der Waals surface area contributed by atoms with Crippen LogP contribution in [0.5, 0.6) is 0 Å². The van der Waals surface area contributed by atoms with Crippen molar-refractivity contribution in [3.63, 3.8) is 0 Å².